The Morgan fingerprint density at radius 1 is 1.39 bits per heavy atom. The molecule has 1 aromatic rings. The lowest BCUT2D eigenvalue weighted by Crippen LogP contribution is -2.37. The third-order valence-electron chi connectivity index (χ3n) is 3.75. The van der Waals surface area contributed by atoms with E-state index in [9.17, 15) is 4.21 Å². The second kappa shape index (κ2) is 6.69. The van der Waals surface area contributed by atoms with E-state index in [4.69, 9.17) is 11.6 Å². The third-order valence-corrected chi connectivity index (χ3v) is 5.70. The van der Waals surface area contributed by atoms with E-state index in [1.54, 1.807) is 6.07 Å². The zero-order chi connectivity index (χ0) is 13.0. The molecule has 0 amide bonds. The van der Waals surface area contributed by atoms with Crippen LogP contribution >= 0.6 is 11.6 Å². The minimum atomic E-state index is -1.02. The van der Waals surface area contributed by atoms with Gasteiger partial charge >= 0.3 is 0 Å². The molecule has 1 fully saturated rings. The van der Waals surface area contributed by atoms with E-state index < -0.39 is 10.8 Å². The van der Waals surface area contributed by atoms with Gasteiger partial charge in [-0.05, 0) is 37.9 Å². The fraction of sp³-hybridized carbons (Fsp3) is 0.571. The number of hydrogen-bond acceptors (Lipinski definition) is 2. The fourth-order valence-electron chi connectivity index (χ4n) is 2.70. The number of nitrogens with one attached hydrogen (secondary N) is 1. The number of halogens is 1. The monoisotopic (exact) mass is 285 g/mol. The zero-order valence-corrected chi connectivity index (χ0v) is 12.3. The van der Waals surface area contributed by atoms with Crippen LogP contribution in [0.15, 0.2) is 29.2 Å². The second-order valence-corrected chi connectivity index (χ2v) is 6.75. The Bertz CT molecular complexity index is 418. The molecule has 1 aliphatic rings. The van der Waals surface area contributed by atoms with Gasteiger partial charge in [0.15, 0.2) is 0 Å². The highest BCUT2D eigenvalue weighted by Crippen LogP contribution is 2.29. The number of rotatable bonds is 5. The van der Waals surface area contributed by atoms with Crippen LogP contribution < -0.4 is 5.32 Å². The van der Waals surface area contributed by atoms with Gasteiger partial charge in [-0.1, -0.05) is 36.6 Å². The Hall–Kier alpha value is -0.380. The Labute approximate surface area is 117 Å². The van der Waals surface area contributed by atoms with Crippen molar-refractivity contribution in [2.75, 3.05) is 12.8 Å². The second-order valence-electron chi connectivity index (χ2n) is 4.88. The molecule has 0 spiro atoms. The first-order valence-corrected chi connectivity index (χ1v) is 8.22. The first-order valence-electron chi connectivity index (χ1n) is 6.52. The molecule has 0 aliphatic heterocycles. The normalized spacial score (nSPS) is 19.9. The molecule has 0 saturated heterocycles. The van der Waals surface area contributed by atoms with Crippen LogP contribution in [0.4, 0.5) is 0 Å². The van der Waals surface area contributed by atoms with Crippen molar-refractivity contribution in [3.63, 3.8) is 0 Å². The number of benzene rings is 1. The van der Waals surface area contributed by atoms with Crippen LogP contribution in [0.5, 0.6) is 0 Å². The molecular formula is C14H20ClNOS. The first-order chi connectivity index (χ1) is 8.72. The Balaban J connectivity index is 2.03. The molecule has 1 aromatic carbocycles. The van der Waals surface area contributed by atoms with Crippen LogP contribution in [0.1, 0.15) is 25.7 Å². The SMILES string of the molecule is CNC(CS(=O)c1ccccc1Cl)C1CCCC1. The van der Waals surface area contributed by atoms with E-state index >= 15 is 0 Å². The average molecular weight is 286 g/mol. The summed E-state index contributed by atoms with van der Waals surface area (Å²) in [6.07, 6.45) is 5.12. The summed E-state index contributed by atoms with van der Waals surface area (Å²) in [4.78, 5) is 0.761. The highest BCUT2D eigenvalue weighted by atomic mass is 35.5. The minimum Gasteiger partial charge on any atom is -0.316 e. The standard InChI is InChI=1S/C14H20ClNOS/c1-16-13(11-6-2-3-7-11)10-18(17)14-9-5-4-8-12(14)15/h4-5,8-9,11,13,16H,2-3,6-7,10H2,1H3. The molecular weight excluding hydrogens is 266 g/mol. The average Bonchev–Trinajstić information content (AvgIpc) is 2.90. The summed E-state index contributed by atoms with van der Waals surface area (Å²) in [5.41, 5.74) is 0. The maximum Gasteiger partial charge on any atom is 0.0574 e. The molecule has 2 atom stereocenters. The van der Waals surface area contributed by atoms with Crippen molar-refractivity contribution in [2.24, 2.45) is 5.92 Å². The van der Waals surface area contributed by atoms with Crippen LogP contribution in [-0.2, 0) is 10.8 Å². The van der Waals surface area contributed by atoms with Crippen LogP contribution in [0.25, 0.3) is 0 Å². The molecule has 0 heterocycles. The molecule has 0 radical (unpaired) electrons. The topological polar surface area (TPSA) is 29.1 Å². The lowest BCUT2D eigenvalue weighted by atomic mass is 10.0. The lowest BCUT2D eigenvalue weighted by molar-refractivity contribution is 0.408. The summed E-state index contributed by atoms with van der Waals surface area (Å²) < 4.78 is 12.4. The van der Waals surface area contributed by atoms with Gasteiger partial charge in [0.25, 0.3) is 0 Å². The highest BCUT2D eigenvalue weighted by Gasteiger charge is 2.26. The van der Waals surface area contributed by atoms with Gasteiger partial charge < -0.3 is 5.32 Å². The van der Waals surface area contributed by atoms with Gasteiger partial charge in [-0.25, -0.2) is 0 Å². The predicted molar refractivity (Wildman–Crippen MR) is 77.5 cm³/mol. The summed E-state index contributed by atoms with van der Waals surface area (Å²) >= 11 is 6.09. The van der Waals surface area contributed by atoms with E-state index in [0.29, 0.717) is 22.7 Å². The minimum absolute atomic E-state index is 0.338. The molecule has 2 nitrogen and oxygen atoms in total. The zero-order valence-electron chi connectivity index (χ0n) is 10.7. The summed E-state index contributed by atoms with van der Waals surface area (Å²) in [7, 11) is 0.950. The van der Waals surface area contributed by atoms with Crippen LogP contribution in [0.2, 0.25) is 5.02 Å². The Morgan fingerprint density at radius 2 is 2.06 bits per heavy atom. The van der Waals surface area contributed by atoms with Crippen LogP contribution in [0, 0.1) is 5.92 Å². The van der Waals surface area contributed by atoms with Crippen LogP contribution in [-0.4, -0.2) is 23.1 Å². The maximum absolute atomic E-state index is 12.4. The fourth-order valence-corrected chi connectivity index (χ4v) is 4.55. The van der Waals surface area contributed by atoms with Gasteiger partial charge in [0.1, 0.15) is 0 Å². The smallest absolute Gasteiger partial charge is 0.0574 e. The summed E-state index contributed by atoms with van der Waals surface area (Å²) in [5, 5.41) is 3.94. The van der Waals surface area contributed by atoms with Gasteiger partial charge in [0, 0.05) is 11.8 Å². The van der Waals surface area contributed by atoms with Gasteiger partial charge in [0.2, 0.25) is 0 Å². The molecule has 100 valence electrons. The van der Waals surface area contributed by atoms with E-state index in [1.807, 2.05) is 25.2 Å². The number of hydrogen-bond donors (Lipinski definition) is 1. The quantitative estimate of drug-likeness (QED) is 0.900. The van der Waals surface area contributed by atoms with Crippen molar-refractivity contribution in [1.82, 2.24) is 5.32 Å². The van der Waals surface area contributed by atoms with E-state index in [0.717, 1.165) is 4.90 Å². The van der Waals surface area contributed by atoms with Gasteiger partial charge in [-0.15, -0.1) is 0 Å². The molecule has 0 aromatic heterocycles. The molecule has 18 heavy (non-hydrogen) atoms. The van der Waals surface area contributed by atoms with Crippen molar-refractivity contribution in [1.29, 1.82) is 0 Å². The lowest BCUT2D eigenvalue weighted by Gasteiger charge is -2.22. The molecule has 2 rings (SSSR count). The Morgan fingerprint density at radius 3 is 2.67 bits per heavy atom. The summed E-state index contributed by atoms with van der Waals surface area (Å²) in [6.45, 7) is 0. The third kappa shape index (κ3) is 3.34. The molecule has 2 unspecified atom stereocenters. The summed E-state index contributed by atoms with van der Waals surface area (Å²) in [6, 6.07) is 7.77. The van der Waals surface area contributed by atoms with E-state index in [1.165, 1.54) is 25.7 Å². The largest absolute Gasteiger partial charge is 0.316 e. The van der Waals surface area contributed by atoms with Crippen molar-refractivity contribution >= 4 is 22.4 Å². The van der Waals surface area contributed by atoms with Gasteiger partial charge in [-0.2, -0.15) is 0 Å². The maximum atomic E-state index is 12.4. The van der Waals surface area contributed by atoms with E-state index in [2.05, 4.69) is 5.32 Å². The van der Waals surface area contributed by atoms with Crippen molar-refractivity contribution < 1.29 is 4.21 Å². The van der Waals surface area contributed by atoms with Crippen molar-refractivity contribution in [2.45, 2.75) is 36.6 Å². The van der Waals surface area contributed by atoms with Gasteiger partial charge in [-0.3, -0.25) is 4.21 Å². The molecule has 1 aliphatic carbocycles. The molecule has 1 saturated carbocycles. The summed E-state index contributed by atoms with van der Waals surface area (Å²) in [5.74, 6) is 1.33. The van der Waals surface area contributed by atoms with Crippen molar-refractivity contribution in [3.8, 4) is 0 Å². The first kappa shape index (κ1) is 14.0. The van der Waals surface area contributed by atoms with E-state index in [-0.39, 0.29) is 0 Å². The molecule has 4 heteroatoms. The van der Waals surface area contributed by atoms with Crippen molar-refractivity contribution in [3.05, 3.63) is 29.3 Å². The van der Waals surface area contributed by atoms with Crippen LogP contribution in [0.3, 0.4) is 0 Å². The molecule has 0 bridgehead atoms. The molecule has 1 N–H and O–H groups in total. The Kier molecular flexibility index (Phi) is 5.22. The highest BCUT2D eigenvalue weighted by molar-refractivity contribution is 7.85. The van der Waals surface area contributed by atoms with Gasteiger partial charge in [0.05, 0.1) is 20.7 Å². The predicted octanol–water partition coefficient (Wildman–Crippen LogP) is 3.23.